The Labute approximate surface area is 112 Å². The van der Waals surface area contributed by atoms with Gasteiger partial charge in [0, 0.05) is 5.69 Å². The van der Waals surface area contributed by atoms with Crippen LogP contribution in [0.3, 0.4) is 0 Å². The van der Waals surface area contributed by atoms with Crippen molar-refractivity contribution >= 4 is 0 Å². The summed E-state index contributed by atoms with van der Waals surface area (Å²) >= 11 is 0. The minimum absolute atomic E-state index is 0.216. The van der Waals surface area contributed by atoms with Crippen molar-refractivity contribution in [3.8, 4) is 5.69 Å². The molecule has 3 nitrogen and oxygen atoms in total. The van der Waals surface area contributed by atoms with Crippen LogP contribution in [0, 0.1) is 12.7 Å². The van der Waals surface area contributed by atoms with Gasteiger partial charge in [-0.2, -0.15) is 5.10 Å². The van der Waals surface area contributed by atoms with Gasteiger partial charge in [-0.25, -0.2) is 9.07 Å². The largest absolute Gasteiger partial charge is 0.317 e. The Morgan fingerprint density at radius 2 is 1.89 bits per heavy atom. The molecule has 1 N–H and O–H groups in total. The third kappa shape index (κ3) is 2.40. The molecule has 0 bridgehead atoms. The van der Waals surface area contributed by atoms with E-state index in [9.17, 15) is 4.39 Å². The molecule has 0 aliphatic carbocycles. The molecule has 0 amide bonds. The van der Waals surface area contributed by atoms with Gasteiger partial charge in [-0.1, -0.05) is 0 Å². The zero-order valence-electron chi connectivity index (χ0n) is 11.1. The van der Waals surface area contributed by atoms with Gasteiger partial charge in [0.2, 0.25) is 0 Å². The highest BCUT2D eigenvalue weighted by Gasteiger charge is 2.20. The number of nitrogens with zero attached hydrogens (tertiary/aromatic N) is 2. The molecule has 0 unspecified atom stereocenters. The van der Waals surface area contributed by atoms with Gasteiger partial charge in [-0.15, -0.1) is 0 Å². The Balaban J connectivity index is 1.91. The number of benzene rings is 1. The van der Waals surface area contributed by atoms with Gasteiger partial charge in [0.25, 0.3) is 0 Å². The molecule has 1 aromatic carbocycles. The number of halogens is 1. The van der Waals surface area contributed by atoms with Crippen LogP contribution in [0.15, 0.2) is 30.5 Å². The van der Waals surface area contributed by atoms with Crippen LogP contribution >= 0.6 is 0 Å². The lowest BCUT2D eigenvalue weighted by Crippen LogP contribution is -2.26. The van der Waals surface area contributed by atoms with Crippen LogP contribution in [-0.4, -0.2) is 22.9 Å². The van der Waals surface area contributed by atoms with Gasteiger partial charge < -0.3 is 5.32 Å². The predicted molar refractivity (Wildman–Crippen MR) is 73.1 cm³/mol. The van der Waals surface area contributed by atoms with E-state index in [0.717, 1.165) is 31.6 Å². The Morgan fingerprint density at radius 3 is 2.58 bits per heavy atom. The quantitative estimate of drug-likeness (QED) is 0.898. The number of piperidine rings is 1. The molecule has 1 aliphatic heterocycles. The van der Waals surface area contributed by atoms with Crippen molar-refractivity contribution in [1.29, 1.82) is 0 Å². The topological polar surface area (TPSA) is 29.9 Å². The van der Waals surface area contributed by atoms with E-state index in [-0.39, 0.29) is 5.82 Å². The Bertz CT molecular complexity index is 553. The molecule has 0 saturated carbocycles. The lowest BCUT2D eigenvalue weighted by atomic mass is 9.91. The van der Waals surface area contributed by atoms with Crippen molar-refractivity contribution in [2.24, 2.45) is 0 Å². The Kier molecular flexibility index (Phi) is 3.34. The van der Waals surface area contributed by atoms with Crippen LogP contribution in [0.4, 0.5) is 4.39 Å². The highest BCUT2D eigenvalue weighted by Crippen LogP contribution is 2.28. The Morgan fingerprint density at radius 1 is 1.21 bits per heavy atom. The molecule has 1 aliphatic rings. The molecule has 1 fully saturated rings. The fourth-order valence-electron chi connectivity index (χ4n) is 2.80. The van der Waals surface area contributed by atoms with Crippen molar-refractivity contribution in [3.05, 3.63) is 47.5 Å². The monoisotopic (exact) mass is 259 g/mol. The van der Waals surface area contributed by atoms with Gasteiger partial charge in [-0.05, 0) is 68.6 Å². The van der Waals surface area contributed by atoms with E-state index in [0.29, 0.717) is 5.92 Å². The number of hydrogen-bond acceptors (Lipinski definition) is 2. The molecular formula is C15H18FN3. The molecule has 100 valence electrons. The predicted octanol–water partition coefficient (Wildman–Crippen LogP) is 2.79. The number of aromatic nitrogens is 2. The van der Waals surface area contributed by atoms with Crippen molar-refractivity contribution in [2.75, 3.05) is 13.1 Å². The van der Waals surface area contributed by atoms with Gasteiger partial charge in [0.15, 0.2) is 0 Å². The summed E-state index contributed by atoms with van der Waals surface area (Å²) in [7, 11) is 0. The lowest BCUT2D eigenvalue weighted by molar-refractivity contribution is 0.459. The van der Waals surface area contributed by atoms with E-state index in [4.69, 9.17) is 0 Å². The van der Waals surface area contributed by atoms with E-state index in [2.05, 4.69) is 17.3 Å². The second-order valence-electron chi connectivity index (χ2n) is 5.10. The van der Waals surface area contributed by atoms with Crippen molar-refractivity contribution in [1.82, 2.24) is 15.1 Å². The second-order valence-corrected chi connectivity index (χ2v) is 5.10. The van der Waals surface area contributed by atoms with E-state index < -0.39 is 0 Å². The fourth-order valence-corrected chi connectivity index (χ4v) is 2.80. The van der Waals surface area contributed by atoms with E-state index in [1.165, 1.54) is 23.4 Å². The van der Waals surface area contributed by atoms with Crippen molar-refractivity contribution < 1.29 is 4.39 Å². The van der Waals surface area contributed by atoms with Crippen molar-refractivity contribution in [3.63, 3.8) is 0 Å². The zero-order chi connectivity index (χ0) is 13.2. The minimum Gasteiger partial charge on any atom is -0.317 e. The van der Waals surface area contributed by atoms with Gasteiger partial charge in [-0.3, -0.25) is 0 Å². The molecule has 2 aromatic rings. The molecule has 2 heterocycles. The standard InChI is InChI=1S/C15H18FN3/c1-11-15(12-6-8-17-9-7-12)10-18-19(11)14-4-2-13(16)3-5-14/h2-5,10,12,17H,6-9H2,1H3. The average Bonchev–Trinajstić information content (AvgIpc) is 2.83. The van der Waals surface area contributed by atoms with E-state index in [1.54, 1.807) is 12.1 Å². The summed E-state index contributed by atoms with van der Waals surface area (Å²) in [5, 5.41) is 7.84. The summed E-state index contributed by atoms with van der Waals surface area (Å²) in [5.41, 5.74) is 3.41. The summed E-state index contributed by atoms with van der Waals surface area (Å²) in [6, 6.07) is 6.48. The normalized spacial score (nSPS) is 16.7. The van der Waals surface area contributed by atoms with Crippen molar-refractivity contribution in [2.45, 2.75) is 25.7 Å². The molecule has 0 atom stereocenters. The first-order valence-electron chi connectivity index (χ1n) is 6.77. The molecule has 1 saturated heterocycles. The maximum atomic E-state index is 13.0. The maximum absolute atomic E-state index is 13.0. The summed E-state index contributed by atoms with van der Waals surface area (Å²) < 4.78 is 14.9. The third-order valence-electron chi connectivity index (χ3n) is 3.90. The first kappa shape index (κ1) is 12.4. The van der Waals surface area contributed by atoms with Gasteiger partial charge in [0.05, 0.1) is 11.9 Å². The summed E-state index contributed by atoms with van der Waals surface area (Å²) in [6.07, 6.45) is 4.29. The Hall–Kier alpha value is -1.68. The highest BCUT2D eigenvalue weighted by atomic mass is 19.1. The molecule has 3 rings (SSSR count). The SMILES string of the molecule is Cc1c(C2CCNCC2)cnn1-c1ccc(F)cc1. The average molecular weight is 259 g/mol. The third-order valence-corrected chi connectivity index (χ3v) is 3.90. The molecule has 0 radical (unpaired) electrons. The molecular weight excluding hydrogens is 241 g/mol. The molecule has 1 aromatic heterocycles. The minimum atomic E-state index is -0.216. The molecule has 4 heteroatoms. The highest BCUT2D eigenvalue weighted by molar-refractivity contribution is 5.36. The first-order valence-corrected chi connectivity index (χ1v) is 6.77. The van der Waals surface area contributed by atoms with Crippen LogP contribution < -0.4 is 5.32 Å². The van der Waals surface area contributed by atoms with Gasteiger partial charge >= 0.3 is 0 Å². The summed E-state index contributed by atoms with van der Waals surface area (Å²) in [5.74, 6) is 0.377. The second kappa shape index (κ2) is 5.13. The molecule has 19 heavy (non-hydrogen) atoms. The summed E-state index contributed by atoms with van der Waals surface area (Å²) in [4.78, 5) is 0. The number of nitrogens with one attached hydrogen (secondary N) is 1. The number of hydrogen-bond donors (Lipinski definition) is 1. The van der Waals surface area contributed by atoms with Crippen LogP contribution in [0.2, 0.25) is 0 Å². The fraction of sp³-hybridized carbons (Fsp3) is 0.400. The summed E-state index contributed by atoms with van der Waals surface area (Å²) in [6.45, 7) is 4.24. The van der Waals surface area contributed by atoms with Gasteiger partial charge in [0.1, 0.15) is 5.82 Å². The van der Waals surface area contributed by atoms with Crippen LogP contribution in [-0.2, 0) is 0 Å². The lowest BCUT2D eigenvalue weighted by Gasteiger charge is -2.22. The maximum Gasteiger partial charge on any atom is 0.123 e. The number of rotatable bonds is 2. The zero-order valence-corrected chi connectivity index (χ0v) is 11.1. The van der Waals surface area contributed by atoms with E-state index >= 15 is 0 Å². The molecule has 0 spiro atoms. The smallest absolute Gasteiger partial charge is 0.123 e. The van der Waals surface area contributed by atoms with Crippen LogP contribution in [0.5, 0.6) is 0 Å². The first-order chi connectivity index (χ1) is 9.25. The van der Waals surface area contributed by atoms with Crippen LogP contribution in [0.1, 0.15) is 30.0 Å². The van der Waals surface area contributed by atoms with Crippen LogP contribution in [0.25, 0.3) is 5.69 Å². The van der Waals surface area contributed by atoms with E-state index in [1.807, 2.05) is 10.9 Å².